The largest absolute Gasteiger partial charge is 0.332 e. The fourth-order valence-electron chi connectivity index (χ4n) is 3.38. The molecule has 0 saturated heterocycles. The topological polar surface area (TPSA) is 43.6 Å². The van der Waals surface area contributed by atoms with Crippen molar-refractivity contribution in [1.82, 2.24) is 19.5 Å². The van der Waals surface area contributed by atoms with Crippen molar-refractivity contribution >= 4 is 5.57 Å². The summed E-state index contributed by atoms with van der Waals surface area (Å²) in [5.41, 5.74) is 3.36. The molecule has 0 amide bonds. The number of allylic oxidation sites excluding steroid dienone is 4. The van der Waals surface area contributed by atoms with E-state index in [9.17, 15) is 0 Å². The van der Waals surface area contributed by atoms with Crippen LogP contribution in [0.3, 0.4) is 0 Å². The molecule has 2 aliphatic heterocycles. The lowest BCUT2D eigenvalue weighted by Gasteiger charge is -2.06. The van der Waals surface area contributed by atoms with Crippen molar-refractivity contribution < 1.29 is 0 Å². The maximum atomic E-state index is 4.74. The van der Waals surface area contributed by atoms with Crippen molar-refractivity contribution in [2.75, 3.05) is 0 Å². The van der Waals surface area contributed by atoms with Crippen LogP contribution in [0.1, 0.15) is 51.9 Å². The molecule has 4 nitrogen and oxygen atoms in total. The lowest BCUT2D eigenvalue weighted by molar-refractivity contribution is 0.764. The minimum absolute atomic E-state index is 0.691. The molecular formula is C24H30N4. The number of benzene rings is 1. The van der Waals surface area contributed by atoms with Crippen molar-refractivity contribution in [1.29, 1.82) is 0 Å². The minimum Gasteiger partial charge on any atom is -0.332 e. The third-order valence-electron chi connectivity index (χ3n) is 4.81. The fraction of sp³-hybridized carbons (Fsp3) is 0.375. The van der Waals surface area contributed by atoms with Crippen LogP contribution in [0.5, 0.6) is 0 Å². The maximum Gasteiger partial charge on any atom is 0.183 e. The van der Waals surface area contributed by atoms with E-state index in [1.54, 1.807) is 0 Å². The maximum absolute atomic E-state index is 4.74. The molecule has 0 radical (unpaired) electrons. The van der Waals surface area contributed by atoms with Gasteiger partial charge < -0.3 is 4.57 Å². The van der Waals surface area contributed by atoms with E-state index in [0.717, 1.165) is 36.2 Å². The number of fused-ring (bicyclic) bond motifs is 2. The van der Waals surface area contributed by atoms with Crippen molar-refractivity contribution in [2.24, 2.45) is 11.8 Å². The second kappa shape index (κ2) is 9.45. The summed E-state index contributed by atoms with van der Waals surface area (Å²) in [5.74, 6) is 3.01. The van der Waals surface area contributed by atoms with Crippen LogP contribution in [-0.2, 0) is 6.54 Å². The molecule has 0 bridgehead atoms. The van der Waals surface area contributed by atoms with Gasteiger partial charge in [-0.3, -0.25) is 0 Å². The minimum atomic E-state index is 0.691. The van der Waals surface area contributed by atoms with Crippen molar-refractivity contribution in [2.45, 2.75) is 47.1 Å². The van der Waals surface area contributed by atoms with Gasteiger partial charge in [0.25, 0.3) is 0 Å². The van der Waals surface area contributed by atoms with Gasteiger partial charge in [0.1, 0.15) is 5.69 Å². The van der Waals surface area contributed by atoms with Crippen LogP contribution in [-0.4, -0.2) is 19.5 Å². The number of hydrogen-bond acceptors (Lipinski definition) is 3. The molecule has 0 spiro atoms. The normalized spacial score (nSPS) is 19.4. The van der Waals surface area contributed by atoms with E-state index in [2.05, 4.69) is 57.0 Å². The second-order valence-electron chi connectivity index (χ2n) is 6.68. The van der Waals surface area contributed by atoms with Crippen LogP contribution < -0.4 is 0 Å². The molecule has 1 aromatic rings. The summed E-state index contributed by atoms with van der Waals surface area (Å²) >= 11 is 0. The van der Waals surface area contributed by atoms with E-state index >= 15 is 0 Å². The molecule has 146 valence electrons. The average Bonchev–Trinajstić information content (AvgIpc) is 3.40. The molecule has 1 aromatic carbocycles. The first-order chi connectivity index (χ1) is 13.8. The Kier molecular flexibility index (Phi) is 6.75. The van der Waals surface area contributed by atoms with Gasteiger partial charge in [-0.05, 0) is 35.8 Å². The third kappa shape index (κ3) is 4.56. The van der Waals surface area contributed by atoms with Crippen molar-refractivity contribution in [3.63, 3.8) is 0 Å². The molecule has 4 heteroatoms. The van der Waals surface area contributed by atoms with E-state index in [1.807, 2.05) is 46.3 Å². The smallest absolute Gasteiger partial charge is 0.183 e. The molecule has 1 fully saturated rings. The molecule has 0 N–H and O–H groups in total. The summed E-state index contributed by atoms with van der Waals surface area (Å²) in [6, 6.07) is 10.4. The van der Waals surface area contributed by atoms with E-state index in [-0.39, 0.29) is 0 Å². The molecule has 2 unspecified atom stereocenters. The van der Waals surface area contributed by atoms with Gasteiger partial charge in [-0.25, -0.2) is 15.0 Å². The zero-order valence-electron chi connectivity index (χ0n) is 17.3. The Hall–Kier alpha value is -2.75. The van der Waals surface area contributed by atoms with Crippen LogP contribution in [0, 0.1) is 11.8 Å². The molecule has 5 rings (SSSR count). The molecule has 4 aliphatic rings. The Bertz CT molecular complexity index is 907. The zero-order chi connectivity index (χ0) is 19.9. The Morgan fingerprint density at radius 3 is 2.54 bits per heavy atom. The van der Waals surface area contributed by atoms with Gasteiger partial charge in [-0.15, -0.1) is 0 Å². The summed E-state index contributed by atoms with van der Waals surface area (Å²) in [6.45, 7) is 8.79. The quantitative estimate of drug-likeness (QED) is 0.539. The van der Waals surface area contributed by atoms with Crippen LogP contribution >= 0.6 is 0 Å². The average molecular weight is 375 g/mol. The van der Waals surface area contributed by atoms with Gasteiger partial charge in [-0.2, -0.15) is 0 Å². The van der Waals surface area contributed by atoms with Crippen molar-refractivity contribution in [3.05, 3.63) is 72.5 Å². The molecule has 2 atom stereocenters. The van der Waals surface area contributed by atoms with Crippen LogP contribution in [0.4, 0.5) is 0 Å². The van der Waals surface area contributed by atoms with Crippen LogP contribution in [0.25, 0.3) is 17.1 Å². The van der Waals surface area contributed by atoms with E-state index in [4.69, 9.17) is 4.98 Å². The Labute approximate surface area is 168 Å². The molecule has 28 heavy (non-hydrogen) atoms. The molecule has 2 aliphatic carbocycles. The second-order valence-corrected chi connectivity index (χ2v) is 6.68. The van der Waals surface area contributed by atoms with Crippen molar-refractivity contribution in [3.8, 4) is 11.5 Å². The number of nitrogens with zero attached hydrogens (tertiary/aromatic N) is 4. The summed E-state index contributed by atoms with van der Waals surface area (Å²) in [6.07, 6.45) is 13.0. The van der Waals surface area contributed by atoms with E-state index in [0.29, 0.717) is 5.92 Å². The number of imidazole rings is 1. The van der Waals surface area contributed by atoms with Gasteiger partial charge >= 0.3 is 0 Å². The summed E-state index contributed by atoms with van der Waals surface area (Å²) in [5, 5.41) is 0. The van der Waals surface area contributed by atoms with Crippen LogP contribution in [0.15, 0.2) is 61.1 Å². The van der Waals surface area contributed by atoms with Gasteiger partial charge in [0.2, 0.25) is 0 Å². The highest BCUT2D eigenvalue weighted by Crippen LogP contribution is 2.44. The predicted molar refractivity (Wildman–Crippen MR) is 116 cm³/mol. The lowest BCUT2D eigenvalue weighted by atomic mass is 10.1. The number of aromatic nitrogens is 4. The Morgan fingerprint density at radius 1 is 0.964 bits per heavy atom. The van der Waals surface area contributed by atoms with Gasteiger partial charge in [-0.1, -0.05) is 76.3 Å². The number of rotatable bonds is 3. The fourth-order valence-corrected chi connectivity index (χ4v) is 3.38. The molecular weight excluding hydrogens is 344 g/mol. The summed E-state index contributed by atoms with van der Waals surface area (Å²) in [4.78, 5) is 13.9. The first kappa shape index (κ1) is 20.0. The van der Waals surface area contributed by atoms with E-state index in [1.165, 1.54) is 17.6 Å². The third-order valence-corrected chi connectivity index (χ3v) is 4.81. The Morgan fingerprint density at radius 2 is 1.75 bits per heavy atom. The van der Waals surface area contributed by atoms with Crippen LogP contribution in [0.2, 0.25) is 0 Å². The van der Waals surface area contributed by atoms with Gasteiger partial charge in [0, 0.05) is 12.7 Å². The van der Waals surface area contributed by atoms with E-state index < -0.39 is 0 Å². The summed E-state index contributed by atoms with van der Waals surface area (Å²) < 4.78 is 2.06. The monoisotopic (exact) mass is 374 g/mol. The molecule has 1 saturated carbocycles. The zero-order valence-corrected chi connectivity index (χ0v) is 17.3. The highest BCUT2D eigenvalue weighted by atomic mass is 15.1. The first-order valence-electron chi connectivity index (χ1n) is 10.5. The van der Waals surface area contributed by atoms with Gasteiger partial charge in [0.05, 0.1) is 6.33 Å². The lowest BCUT2D eigenvalue weighted by Crippen LogP contribution is -2.02. The molecule has 2 heterocycles. The first-order valence-corrected chi connectivity index (χ1v) is 10.5. The predicted octanol–water partition coefficient (Wildman–Crippen LogP) is 5.86. The summed E-state index contributed by atoms with van der Waals surface area (Å²) in [7, 11) is 0. The SMILES string of the molecule is C1=CC2CC2C=C(c2nc3cn(Cc4ccccc4)cnc-3n2)C1.CC.CC. The van der Waals surface area contributed by atoms with Gasteiger partial charge in [0.15, 0.2) is 11.6 Å². The highest BCUT2D eigenvalue weighted by molar-refractivity contribution is 5.67. The molecule has 0 aromatic heterocycles. The standard InChI is InChI=1S/C20H18N4.2C2H6/c1-2-5-14(6-3-1)11-24-12-18-20(21-13-24)23-19(22-18)16-8-4-7-15-9-17(15)10-16;2*1-2/h1-7,10,12-13,15,17H,8-9,11H2;2*1-2H3. The highest BCUT2D eigenvalue weighted by Gasteiger charge is 2.34. The number of hydrogen-bond donors (Lipinski definition) is 0. The Balaban J connectivity index is 0.000000531.